The summed E-state index contributed by atoms with van der Waals surface area (Å²) < 4.78 is 13.4. The standard InChI is InChI=1S/C25H37N5O3Si/c1-32-16-19-5-7-20(8-6-19)30-17-28(12-10-26)25(31)22-15-27-24-21(23(22)30)9-11-29(24)18-33-13-14-34(2,3)4/h9,11,15,19-20H,5-8,12-14,16-18H2,1-4H3/t19-,20-. The van der Waals surface area contributed by atoms with Crippen LogP contribution < -0.4 is 4.90 Å². The largest absolute Gasteiger partial charge is 0.384 e. The highest BCUT2D eigenvalue weighted by Gasteiger charge is 2.36. The SMILES string of the molecule is COC[C@H]1CC[C@H](N2CN(CC#N)C(=O)c3cnc4c(ccn4COCC[Si](C)(C)C)c32)CC1. The molecule has 0 aromatic carbocycles. The van der Waals surface area contributed by atoms with Crippen LogP contribution in [0.3, 0.4) is 0 Å². The molecular weight excluding hydrogens is 446 g/mol. The molecule has 2 aromatic heterocycles. The summed E-state index contributed by atoms with van der Waals surface area (Å²) in [6.45, 7) is 9.57. The number of anilines is 1. The zero-order chi connectivity index (χ0) is 24.3. The van der Waals surface area contributed by atoms with Gasteiger partial charge in [0.25, 0.3) is 5.91 Å². The highest BCUT2D eigenvalue weighted by Crippen LogP contribution is 2.39. The Bertz CT molecular complexity index is 1050. The second-order valence-electron chi connectivity index (χ2n) is 10.8. The van der Waals surface area contributed by atoms with Gasteiger partial charge in [-0.3, -0.25) is 4.79 Å². The minimum atomic E-state index is -1.14. The van der Waals surface area contributed by atoms with Crippen molar-refractivity contribution in [3.8, 4) is 6.07 Å². The Kier molecular flexibility index (Phi) is 7.60. The maximum absolute atomic E-state index is 13.2. The first kappa shape index (κ1) is 24.7. The topological polar surface area (TPSA) is 83.6 Å². The molecule has 1 saturated carbocycles. The number of aromatic nitrogens is 2. The Morgan fingerprint density at radius 1 is 1.24 bits per heavy atom. The van der Waals surface area contributed by atoms with Gasteiger partial charge in [-0.2, -0.15) is 5.26 Å². The van der Waals surface area contributed by atoms with Gasteiger partial charge in [-0.05, 0) is 43.7 Å². The number of nitriles is 1. The van der Waals surface area contributed by atoms with Crippen LogP contribution >= 0.6 is 0 Å². The molecule has 1 fully saturated rings. The lowest BCUT2D eigenvalue weighted by molar-refractivity contribution is 0.0749. The molecular formula is C25H37N5O3Si. The monoisotopic (exact) mass is 483 g/mol. The molecule has 1 aliphatic heterocycles. The minimum Gasteiger partial charge on any atom is -0.384 e. The van der Waals surface area contributed by atoms with Crippen LogP contribution in [-0.2, 0) is 16.2 Å². The first-order chi connectivity index (χ1) is 16.3. The second kappa shape index (κ2) is 10.5. The Morgan fingerprint density at radius 2 is 2.00 bits per heavy atom. The van der Waals surface area contributed by atoms with Gasteiger partial charge in [0.05, 0.1) is 24.0 Å². The average molecular weight is 484 g/mol. The van der Waals surface area contributed by atoms with Gasteiger partial charge in [0, 0.05) is 52.2 Å². The number of carbonyl (C=O) groups excluding carboxylic acids is 1. The summed E-state index contributed by atoms with van der Waals surface area (Å²) >= 11 is 0. The van der Waals surface area contributed by atoms with Crippen molar-refractivity contribution in [2.75, 3.05) is 38.4 Å². The highest BCUT2D eigenvalue weighted by molar-refractivity contribution is 6.76. The van der Waals surface area contributed by atoms with Crippen molar-refractivity contribution in [3.05, 3.63) is 24.0 Å². The Labute approximate surface area is 203 Å². The van der Waals surface area contributed by atoms with E-state index in [9.17, 15) is 10.1 Å². The van der Waals surface area contributed by atoms with Gasteiger partial charge in [-0.15, -0.1) is 0 Å². The van der Waals surface area contributed by atoms with Crippen molar-refractivity contribution in [3.63, 3.8) is 0 Å². The fourth-order valence-electron chi connectivity index (χ4n) is 5.09. The average Bonchev–Trinajstić information content (AvgIpc) is 3.22. The first-order valence-electron chi connectivity index (χ1n) is 12.3. The molecule has 0 radical (unpaired) electrons. The Hall–Kier alpha value is -2.41. The number of pyridine rings is 1. The van der Waals surface area contributed by atoms with E-state index in [0.717, 1.165) is 61.7 Å². The van der Waals surface area contributed by atoms with Gasteiger partial charge < -0.3 is 23.8 Å². The van der Waals surface area contributed by atoms with Gasteiger partial charge in [0.1, 0.15) is 18.9 Å². The van der Waals surface area contributed by atoms with Gasteiger partial charge in [0.2, 0.25) is 0 Å². The predicted octanol–water partition coefficient (Wildman–Crippen LogP) is 4.30. The van der Waals surface area contributed by atoms with Crippen molar-refractivity contribution in [1.29, 1.82) is 5.26 Å². The maximum Gasteiger partial charge on any atom is 0.259 e. The molecule has 3 heterocycles. The number of nitrogens with zero attached hydrogens (tertiary/aromatic N) is 5. The van der Waals surface area contributed by atoms with Gasteiger partial charge >= 0.3 is 0 Å². The van der Waals surface area contributed by atoms with E-state index >= 15 is 0 Å². The summed E-state index contributed by atoms with van der Waals surface area (Å²) in [7, 11) is 0.624. The van der Waals surface area contributed by atoms with Gasteiger partial charge in [-0.25, -0.2) is 4.98 Å². The molecule has 0 spiro atoms. The van der Waals surface area contributed by atoms with Crippen molar-refractivity contribution in [1.82, 2.24) is 14.5 Å². The number of carbonyl (C=O) groups is 1. The summed E-state index contributed by atoms with van der Waals surface area (Å²) in [5.74, 6) is 0.476. The van der Waals surface area contributed by atoms with Crippen LogP contribution in [0.5, 0.6) is 0 Å². The minimum absolute atomic E-state index is 0.0811. The number of hydrogen-bond donors (Lipinski definition) is 0. The van der Waals surface area contributed by atoms with E-state index in [1.807, 2.05) is 10.8 Å². The van der Waals surface area contributed by atoms with Gasteiger partial charge in [0.15, 0.2) is 0 Å². The summed E-state index contributed by atoms with van der Waals surface area (Å²) in [5, 5.41) is 10.3. The summed E-state index contributed by atoms with van der Waals surface area (Å²) in [6.07, 6.45) is 8.00. The van der Waals surface area contributed by atoms with Crippen molar-refractivity contribution >= 4 is 30.7 Å². The maximum atomic E-state index is 13.2. The lowest BCUT2D eigenvalue weighted by Crippen LogP contribution is -2.52. The molecule has 184 valence electrons. The van der Waals surface area contributed by atoms with Crippen molar-refractivity contribution in [2.45, 2.75) is 64.1 Å². The van der Waals surface area contributed by atoms with E-state index < -0.39 is 8.07 Å². The predicted molar refractivity (Wildman–Crippen MR) is 135 cm³/mol. The molecule has 1 amide bonds. The van der Waals surface area contributed by atoms with Crippen LogP contribution in [0.1, 0.15) is 36.0 Å². The summed E-state index contributed by atoms with van der Waals surface area (Å²) in [6, 6.07) is 5.65. The van der Waals surface area contributed by atoms with Crippen LogP contribution in [0.15, 0.2) is 18.5 Å². The zero-order valence-electron chi connectivity index (χ0n) is 20.9. The molecule has 0 saturated heterocycles. The fraction of sp³-hybridized carbons (Fsp3) is 0.640. The van der Waals surface area contributed by atoms with Crippen LogP contribution in [0, 0.1) is 17.2 Å². The number of rotatable bonds is 9. The van der Waals surface area contributed by atoms with E-state index in [1.54, 1.807) is 18.2 Å². The summed E-state index contributed by atoms with van der Waals surface area (Å²) in [5.41, 5.74) is 2.39. The number of hydrogen-bond acceptors (Lipinski definition) is 6. The zero-order valence-corrected chi connectivity index (χ0v) is 21.9. The molecule has 8 nitrogen and oxygen atoms in total. The Morgan fingerprint density at radius 3 is 2.68 bits per heavy atom. The summed E-state index contributed by atoms with van der Waals surface area (Å²) in [4.78, 5) is 21.8. The molecule has 34 heavy (non-hydrogen) atoms. The van der Waals surface area contributed by atoms with Crippen LogP contribution in [0.4, 0.5) is 5.69 Å². The third-order valence-electron chi connectivity index (χ3n) is 7.04. The van der Waals surface area contributed by atoms with Crippen LogP contribution in [0.25, 0.3) is 11.0 Å². The molecule has 0 bridgehead atoms. The molecule has 0 N–H and O–H groups in total. The second-order valence-corrected chi connectivity index (χ2v) is 16.4. The van der Waals surface area contributed by atoms with E-state index in [2.05, 4.69) is 41.7 Å². The number of fused-ring (bicyclic) bond motifs is 3. The van der Waals surface area contributed by atoms with E-state index in [0.29, 0.717) is 30.9 Å². The lowest BCUT2D eigenvalue weighted by atomic mass is 9.85. The third kappa shape index (κ3) is 5.29. The molecule has 2 aromatic rings. The third-order valence-corrected chi connectivity index (χ3v) is 8.74. The fourth-order valence-corrected chi connectivity index (χ4v) is 5.85. The highest BCUT2D eigenvalue weighted by atomic mass is 28.3. The van der Waals surface area contributed by atoms with Crippen molar-refractivity contribution < 1.29 is 14.3 Å². The molecule has 1 aliphatic carbocycles. The van der Waals surface area contributed by atoms with E-state index in [-0.39, 0.29) is 12.5 Å². The van der Waals surface area contributed by atoms with E-state index in [4.69, 9.17) is 9.47 Å². The first-order valence-corrected chi connectivity index (χ1v) is 16.0. The Balaban J connectivity index is 1.62. The number of methoxy groups -OCH3 is 1. The lowest BCUT2D eigenvalue weighted by Gasteiger charge is -2.44. The molecule has 9 heteroatoms. The number of amides is 1. The quantitative estimate of drug-likeness (QED) is 0.300. The van der Waals surface area contributed by atoms with Gasteiger partial charge in [-0.1, -0.05) is 19.6 Å². The smallest absolute Gasteiger partial charge is 0.259 e. The molecule has 0 atom stereocenters. The molecule has 0 unspecified atom stereocenters. The normalized spacial score (nSPS) is 21.1. The molecule has 4 rings (SSSR count). The van der Waals surface area contributed by atoms with E-state index in [1.165, 1.54) is 0 Å². The van der Waals surface area contributed by atoms with Crippen molar-refractivity contribution in [2.24, 2.45) is 5.92 Å². The molecule has 2 aliphatic rings. The van der Waals surface area contributed by atoms with Crippen LogP contribution in [-0.4, -0.2) is 68.0 Å². The van der Waals surface area contributed by atoms with Crippen LogP contribution in [0.2, 0.25) is 25.7 Å². The number of ether oxygens (including phenoxy) is 2.